The number of rotatable bonds is 7. The maximum Gasteiger partial charge on any atom is 0.264 e. The highest BCUT2D eigenvalue weighted by atomic mass is 32.2. The Hall–Kier alpha value is -3.45. The lowest BCUT2D eigenvalue weighted by Gasteiger charge is -2.25. The van der Waals surface area contributed by atoms with Crippen LogP contribution in [0.15, 0.2) is 76.7 Å². The third-order valence-corrected chi connectivity index (χ3v) is 7.82. The van der Waals surface area contributed by atoms with Crippen LogP contribution in [-0.4, -0.2) is 26.6 Å². The number of aryl methyl sites for hydroxylation is 3. The van der Waals surface area contributed by atoms with Gasteiger partial charge >= 0.3 is 0 Å². The predicted octanol–water partition coefficient (Wildman–Crippen LogP) is 5.65. The summed E-state index contributed by atoms with van der Waals surface area (Å²) in [6.45, 7) is 13.5. The van der Waals surface area contributed by atoms with E-state index in [0.29, 0.717) is 11.4 Å². The molecular formula is C29H35N3O3S. The number of hydrazone groups is 1. The first-order chi connectivity index (χ1) is 16.8. The fourth-order valence-corrected chi connectivity index (χ4v) is 5.19. The molecule has 3 aromatic rings. The Bertz CT molecular complexity index is 1370. The summed E-state index contributed by atoms with van der Waals surface area (Å²) in [5.41, 5.74) is 8.34. The number of nitrogens with zero attached hydrogens (tertiary/aromatic N) is 2. The number of sulfonamides is 1. The number of carbonyl (C=O) groups is 1. The molecule has 0 aliphatic carbocycles. The molecule has 1 amide bonds. The molecular weight excluding hydrogens is 470 g/mol. The van der Waals surface area contributed by atoms with Crippen LogP contribution in [0, 0.1) is 20.8 Å². The van der Waals surface area contributed by atoms with Crippen molar-refractivity contribution in [2.75, 3.05) is 10.8 Å². The largest absolute Gasteiger partial charge is 0.271 e. The Morgan fingerprint density at radius 1 is 0.889 bits per heavy atom. The lowest BCUT2D eigenvalue weighted by atomic mass is 9.86. The van der Waals surface area contributed by atoms with Gasteiger partial charge in [0.15, 0.2) is 0 Å². The van der Waals surface area contributed by atoms with E-state index in [4.69, 9.17) is 0 Å². The second-order valence-corrected chi connectivity index (χ2v) is 12.0. The number of carbonyl (C=O) groups excluding carboxylic acids is 1. The highest BCUT2D eigenvalue weighted by Gasteiger charge is 2.28. The van der Waals surface area contributed by atoms with Crippen molar-refractivity contribution < 1.29 is 13.2 Å². The lowest BCUT2D eigenvalue weighted by molar-refractivity contribution is -0.119. The first-order valence-electron chi connectivity index (χ1n) is 11.9. The van der Waals surface area contributed by atoms with E-state index in [-0.39, 0.29) is 10.3 Å². The Morgan fingerprint density at radius 2 is 1.47 bits per heavy atom. The molecule has 36 heavy (non-hydrogen) atoms. The smallest absolute Gasteiger partial charge is 0.264 e. The van der Waals surface area contributed by atoms with Crippen LogP contribution < -0.4 is 9.73 Å². The second kappa shape index (κ2) is 10.7. The van der Waals surface area contributed by atoms with Gasteiger partial charge in [0.25, 0.3) is 15.9 Å². The van der Waals surface area contributed by atoms with Crippen molar-refractivity contribution in [1.29, 1.82) is 0 Å². The van der Waals surface area contributed by atoms with Crippen LogP contribution in [0.5, 0.6) is 0 Å². The van der Waals surface area contributed by atoms with Gasteiger partial charge in [-0.05, 0) is 73.6 Å². The normalized spacial score (nSPS) is 12.4. The average molecular weight is 506 g/mol. The molecule has 3 rings (SSSR count). The summed E-state index contributed by atoms with van der Waals surface area (Å²) in [6, 6.07) is 20.2. The van der Waals surface area contributed by atoms with E-state index in [1.165, 1.54) is 5.56 Å². The Balaban J connectivity index is 1.88. The molecule has 0 heterocycles. The second-order valence-electron chi connectivity index (χ2n) is 10.2. The molecule has 0 bridgehead atoms. The van der Waals surface area contributed by atoms with Crippen molar-refractivity contribution in [2.45, 2.75) is 58.8 Å². The maximum atomic E-state index is 13.6. The maximum absolute atomic E-state index is 13.6. The van der Waals surface area contributed by atoms with Crippen molar-refractivity contribution in [2.24, 2.45) is 5.10 Å². The summed E-state index contributed by atoms with van der Waals surface area (Å²) in [5.74, 6) is -0.530. The third kappa shape index (κ3) is 6.40. The van der Waals surface area contributed by atoms with Crippen molar-refractivity contribution in [3.63, 3.8) is 0 Å². The van der Waals surface area contributed by atoms with E-state index in [1.807, 2.05) is 57.2 Å². The van der Waals surface area contributed by atoms with E-state index in [0.717, 1.165) is 26.6 Å². The van der Waals surface area contributed by atoms with Crippen molar-refractivity contribution >= 4 is 27.3 Å². The van der Waals surface area contributed by atoms with Crippen LogP contribution in [-0.2, 0) is 20.2 Å². The standard InChI is InChI=1S/C29H35N3O3S/c1-20-9-16-26(17-10-20)36(34,35)32(27-18-21(2)8-11-22(27)3)19-28(33)31-30-23(4)24-12-14-25(15-13-24)29(5,6)7/h8-18H,19H2,1-7H3,(H,31,33)/b30-23-. The first kappa shape index (κ1) is 27.1. The molecule has 0 aromatic heterocycles. The highest BCUT2D eigenvalue weighted by molar-refractivity contribution is 7.92. The molecule has 0 aliphatic heterocycles. The van der Waals surface area contributed by atoms with E-state index in [2.05, 4.69) is 31.3 Å². The zero-order valence-corrected chi connectivity index (χ0v) is 22.9. The number of amides is 1. The van der Waals surface area contributed by atoms with Gasteiger partial charge in [-0.15, -0.1) is 0 Å². The number of anilines is 1. The van der Waals surface area contributed by atoms with Gasteiger partial charge in [-0.1, -0.05) is 74.9 Å². The number of benzene rings is 3. The summed E-state index contributed by atoms with van der Waals surface area (Å²) in [5, 5.41) is 4.23. The summed E-state index contributed by atoms with van der Waals surface area (Å²) in [4.78, 5) is 13.1. The van der Waals surface area contributed by atoms with Gasteiger partial charge in [0.2, 0.25) is 0 Å². The van der Waals surface area contributed by atoms with Crippen LogP contribution in [0.4, 0.5) is 5.69 Å². The molecule has 0 unspecified atom stereocenters. The molecule has 1 N–H and O–H groups in total. The minimum Gasteiger partial charge on any atom is -0.271 e. The molecule has 0 radical (unpaired) electrons. The number of hydrogen-bond donors (Lipinski definition) is 1. The van der Waals surface area contributed by atoms with Gasteiger partial charge in [0, 0.05) is 0 Å². The van der Waals surface area contributed by atoms with Crippen LogP contribution in [0.25, 0.3) is 0 Å². The van der Waals surface area contributed by atoms with E-state index in [1.54, 1.807) is 37.3 Å². The third-order valence-electron chi connectivity index (χ3n) is 6.05. The van der Waals surface area contributed by atoms with Gasteiger partial charge in [-0.25, -0.2) is 13.8 Å². The van der Waals surface area contributed by atoms with E-state index in [9.17, 15) is 13.2 Å². The van der Waals surface area contributed by atoms with Gasteiger partial charge < -0.3 is 0 Å². The molecule has 0 atom stereocenters. The molecule has 0 saturated carbocycles. The van der Waals surface area contributed by atoms with E-state index < -0.39 is 22.5 Å². The Labute approximate surface area is 215 Å². The molecule has 190 valence electrons. The van der Waals surface area contributed by atoms with Crippen molar-refractivity contribution in [1.82, 2.24) is 5.43 Å². The Kier molecular flexibility index (Phi) is 8.04. The van der Waals surface area contributed by atoms with Gasteiger partial charge in [-0.2, -0.15) is 5.10 Å². The van der Waals surface area contributed by atoms with Crippen LogP contribution in [0.1, 0.15) is 55.5 Å². The van der Waals surface area contributed by atoms with Gasteiger partial charge in [-0.3, -0.25) is 9.10 Å². The molecule has 6 nitrogen and oxygen atoms in total. The number of nitrogens with one attached hydrogen (secondary N) is 1. The molecule has 7 heteroatoms. The monoisotopic (exact) mass is 505 g/mol. The lowest BCUT2D eigenvalue weighted by Crippen LogP contribution is -2.40. The summed E-state index contributed by atoms with van der Waals surface area (Å²) >= 11 is 0. The summed E-state index contributed by atoms with van der Waals surface area (Å²) in [6.07, 6.45) is 0. The van der Waals surface area contributed by atoms with Crippen LogP contribution in [0.3, 0.4) is 0 Å². The van der Waals surface area contributed by atoms with Crippen LogP contribution >= 0.6 is 0 Å². The predicted molar refractivity (Wildman–Crippen MR) is 147 cm³/mol. The quantitative estimate of drug-likeness (QED) is 0.333. The van der Waals surface area contributed by atoms with Crippen molar-refractivity contribution in [3.8, 4) is 0 Å². The molecule has 0 fully saturated rings. The first-order valence-corrected chi connectivity index (χ1v) is 13.3. The highest BCUT2D eigenvalue weighted by Crippen LogP contribution is 2.28. The van der Waals surface area contributed by atoms with Gasteiger partial charge in [0.1, 0.15) is 6.54 Å². The zero-order valence-electron chi connectivity index (χ0n) is 22.1. The molecule has 0 spiro atoms. The minimum absolute atomic E-state index is 0.0398. The fraction of sp³-hybridized carbons (Fsp3) is 0.310. The Morgan fingerprint density at radius 3 is 2.06 bits per heavy atom. The fourth-order valence-electron chi connectivity index (χ4n) is 3.71. The molecule has 0 aliphatic rings. The van der Waals surface area contributed by atoms with E-state index >= 15 is 0 Å². The van der Waals surface area contributed by atoms with Crippen LogP contribution in [0.2, 0.25) is 0 Å². The summed E-state index contributed by atoms with van der Waals surface area (Å²) in [7, 11) is -3.99. The zero-order chi connectivity index (χ0) is 26.7. The van der Waals surface area contributed by atoms with Crippen molar-refractivity contribution in [3.05, 3.63) is 94.5 Å². The minimum atomic E-state index is -3.99. The SMILES string of the molecule is C/C(=N/NC(=O)CN(c1cc(C)ccc1C)S(=O)(=O)c1ccc(C)cc1)c1ccc(C(C)(C)C)cc1. The topological polar surface area (TPSA) is 78.8 Å². The molecule has 3 aromatic carbocycles. The number of hydrogen-bond acceptors (Lipinski definition) is 4. The average Bonchev–Trinajstić information content (AvgIpc) is 2.82. The summed E-state index contributed by atoms with van der Waals surface area (Å²) < 4.78 is 28.4. The molecule has 0 saturated heterocycles. The van der Waals surface area contributed by atoms with Gasteiger partial charge in [0.05, 0.1) is 16.3 Å².